The third kappa shape index (κ3) is 11.1. The zero-order valence-electron chi connectivity index (χ0n) is 11.6. The van der Waals surface area contributed by atoms with Crippen LogP contribution in [0.5, 0.6) is 0 Å². The topological polar surface area (TPSA) is 92.3 Å². The molecule has 0 aromatic carbocycles. The SMILES string of the molecule is CCC(=O)CNC(=O)CCCCC(=O)NCC(C)=O. The fourth-order valence-electron chi connectivity index (χ4n) is 1.29. The Morgan fingerprint density at radius 2 is 1.32 bits per heavy atom. The highest BCUT2D eigenvalue weighted by molar-refractivity contribution is 5.86. The number of Topliss-reactive ketones (excluding diaryl/α,β-unsaturated/α-hetero) is 2. The molecule has 0 saturated heterocycles. The molecule has 6 nitrogen and oxygen atoms in total. The first-order chi connectivity index (χ1) is 8.95. The maximum absolute atomic E-state index is 11.3. The Balaban J connectivity index is 3.52. The minimum Gasteiger partial charge on any atom is -0.349 e. The summed E-state index contributed by atoms with van der Waals surface area (Å²) in [4.78, 5) is 44.1. The Kier molecular flexibility index (Phi) is 9.30. The Bertz CT molecular complexity index is 340. The molecule has 0 unspecified atom stereocenters. The molecule has 0 fully saturated rings. The van der Waals surface area contributed by atoms with Crippen LogP contribution in [0.15, 0.2) is 0 Å². The lowest BCUT2D eigenvalue weighted by atomic mass is 10.1. The van der Waals surface area contributed by atoms with E-state index in [0.29, 0.717) is 32.1 Å². The van der Waals surface area contributed by atoms with Crippen molar-refractivity contribution in [3.8, 4) is 0 Å². The largest absolute Gasteiger partial charge is 0.349 e. The first kappa shape index (κ1) is 17.3. The maximum atomic E-state index is 11.3. The summed E-state index contributed by atoms with van der Waals surface area (Å²) in [6.45, 7) is 3.28. The van der Waals surface area contributed by atoms with Gasteiger partial charge in [0.25, 0.3) is 0 Å². The predicted octanol–water partition coefficient (Wildman–Crippen LogP) is 0.347. The fraction of sp³-hybridized carbons (Fsp3) is 0.692. The van der Waals surface area contributed by atoms with Gasteiger partial charge in [0, 0.05) is 19.3 Å². The monoisotopic (exact) mass is 270 g/mol. The summed E-state index contributed by atoms with van der Waals surface area (Å²) < 4.78 is 0. The summed E-state index contributed by atoms with van der Waals surface area (Å²) in [6.07, 6.45) is 2.18. The van der Waals surface area contributed by atoms with Gasteiger partial charge in [0.1, 0.15) is 5.78 Å². The number of hydrogen-bond acceptors (Lipinski definition) is 4. The van der Waals surface area contributed by atoms with E-state index in [2.05, 4.69) is 10.6 Å². The molecule has 2 amide bonds. The van der Waals surface area contributed by atoms with Gasteiger partial charge in [0.05, 0.1) is 13.1 Å². The van der Waals surface area contributed by atoms with E-state index in [1.165, 1.54) is 6.92 Å². The van der Waals surface area contributed by atoms with Gasteiger partial charge in [-0.05, 0) is 19.8 Å². The third-order valence-corrected chi connectivity index (χ3v) is 2.47. The van der Waals surface area contributed by atoms with E-state index in [9.17, 15) is 19.2 Å². The van der Waals surface area contributed by atoms with E-state index in [1.807, 2.05) is 0 Å². The summed E-state index contributed by atoms with van der Waals surface area (Å²) >= 11 is 0. The second-order valence-electron chi connectivity index (χ2n) is 4.35. The standard InChI is InChI=1S/C13H22N2O4/c1-3-11(17)9-15-13(19)7-5-4-6-12(18)14-8-10(2)16/h3-9H2,1-2H3,(H,14,18)(H,15,19). The molecule has 0 bridgehead atoms. The number of nitrogens with one attached hydrogen (secondary N) is 2. The number of amides is 2. The number of ketones is 2. The van der Waals surface area contributed by atoms with E-state index in [0.717, 1.165) is 0 Å². The van der Waals surface area contributed by atoms with Gasteiger partial charge in [-0.1, -0.05) is 6.92 Å². The van der Waals surface area contributed by atoms with Gasteiger partial charge in [-0.3, -0.25) is 19.2 Å². The number of rotatable bonds is 10. The summed E-state index contributed by atoms with van der Waals surface area (Å²) in [5.74, 6) is -0.451. The minimum absolute atomic E-state index is 0.00281. The highest BCUT2D eigenvalue weighted by Crippen LogP contribution is 1.99. The van der Waals surface area contributed by atoms with Crippen LogP contribution in [0.4, 0.5) is 0 Å². The van der Waals surface area contributed by atoms with Crippen LogP contribution in [0.25, 0.3) is 0 Å². The molecule has 0 spiro atoms. The molecule has 0 aliphatic heterocycles. The zero-order valence-corrected chi connectivity index (χ0v) is 11.6. The van der Waals surface area contributed by atoms with Crippen LogP contribution in [0.3, 0.4) is 0 Å². The van der Waals surface area contributed by atoms with E-state index in [4.69, 9.17) is 0 Å². The van der Waals surface area contributed by atoms with Gasteiger partial charge < -0.3 is 10.6 Å². The summed E-state index contributed by atoms with van der Waals surface area (Å²) in [5.41, 5.74) is 0. The molecular weight excluding hydrogens is 248 g/mol. The third-order valence-electron chi connectivity index (χ3n) is 2.47. The van der Waals surface area contributed by atoms with Crippen LogP contribution >= 0.6 is 0 Å². The van der Waals surface area contributed by atoms with Crippen molar-refractivity contribution in [2.45, 2.75) is 46.0 Å². The molecular formula is C13H22N2O4. The second-order valence-corrected chi connectivity index (χ2v) is 4.35. The molecule has 0 aliphatic rings. The van der Waals surface area contributed by atoms with Crippen LogP contribution in [-0.4, -0.2) is 36.5 Å². The van der Waals surface area contributed by atoms with Crippen molar-refractivity contribution in [3.63, 3.8) is 0 Å². The van der Waals surface area contributed by atoms with Crippen molar-refractivity contribution < 1.29 is 19.2 Å². The molecule has 0 heterocycles. The van der Waals surface area contributed by atoms with Crippen LogP contribution in [0, 0.1) is 0 Å². The Morgan fingerprint density at radius 1 is 0.842 bits per heavy atom. The van der Waals surface area contributed by atoms with Gasteiger partial charge in [0.2, 0.25) is 11.8 Å². The molecule has 19 heavy (non-hydrogen) atoms. The summed E-state index contributed by atoms with van der Waals surface area (Å²) in [6, 6.07) is 0. The number of hydrogen-bond donors (Lipinski definition) is 2. The second kappa shape index (κ2) is 10.2. The first-order valence-corrected chi connectivity index (χ1v) is 6.50. The van der Waals surface area contributed by atoms with Crippen LogP contribution in [0.2, 0.25) is 0 Å². The van der Waals surface area contributed by atoms with Gasteiger partial charge in [-0.25, -0.2) is 0 Å². The lowest BCUT2D eigenvalue weighted by Crippen LogP contribution is -2.29. The van der Waals surface area contributed by atoms with Crippen molar-refractivity contribution in [3.05, 3.63) is 0 Å². The molecule has 0 saturated carbocycles. The van der Waals surface area contributed by atoms with Crippen molar-refractivity contribution in [2.75, 3.05) is 13.1 Å². The van der Waals surface area contributed by atoms with Crippen LogP contribution < -0.4 is 10.6 Å². The summed E-state index contributed by atoms with van der Waals surface area (Å²) in [7, 11) is 0. The van der Waals surface area contributed by atoms with E-state index in [1.54, 1.807) is 6.92 Å². The fourth-order valence-corrected chi connectivity index (χ4v) is 1.29. The highest BCUT2D eigenvalue weighted by Gasteiger charge is 2.05. The molecule has 0 aliphatic carbocycles. The maximum Gasteiger partial charge on any atom is 0.220 e. The molecule has 0 aromatic rings. The van der Waals surface area contributed by atoms with Crippen LogP contribution in [-0.2, 0) is 19.2 Å². The average molecular weight is 270 g/mol. The van der Waals surface area contributed by atoms with E-state index in [-0.39, 0.29) is 36.5 Å². The van der Waals surface area contributed by atoms with Crippen LogP contribution in [0.1, 0.15) is 46.0 Å². The molecule has 0 radical (unpaired) electrons. The normalized spacial score (nSPS) is 9.79. The Morgan fingerprint density at radius 3 is 1.74 bits per heavy atom. The lowest BCUT2D eigenvalue weighted by molar-refractivity contribution is -0.125. The van der Waals surface area contributed by atoms with E-state index >= 15 is 0 Å². The number of carbonyl (C=O) groups excluding carboxylic acids is 4. The zero-order chi connectivity index (χ0) is 14.7. The minimum atomic E-state index is -0.184. The van der Waals surface area contributed by atoms with Gasteiger partial charge in [-0.15, -0.1) is 0 Å². The molecule has 6 heteroatoms. The molecule has 108 valence electrons. The van der Waals surface area contributed by atoms with Crippen molar-refractivity contribution in [1.29, 1.82) is 0 Å². The molecule has 0 aromatic heterocycles. The Labute approximate surface area is 113 Å². The van der Waals surface area contributed by atoms with E-state index < -0.39 is 0 Å². The number of carbonyl (C=O) groups is 4. The molecule has 0 atom stereocenters. The van der Waals surface area contributed by atoms with Gasteiger partial charge in [-0.2, -0.15) is 0 Å². The summed E-state index contributed by atoms with van der Waals surface area (Å²) in [5, 5.41) is 5.01. The average Bonchev–Trinajstić information content (AvgIpc) is 2.38. The first-order valence-electron chi connectivity index (χ1n) is 6.50. The highest BCUT2D eigenvalue weighted by atomic mass is 16.2. The molecule has 2 N–H and O–H groups in total. The molecule has 0 rings (SSSR count). The van der Waals surface area contributed by atoms with Gasteiger partial charge >= 0.3 is 0 Å². The smallest absolute Gasteiger partial charge is 0.220 e. The van der Waals surface area contributed by atoms with Gasteiger partial charge in [0.15, 0.2) is 5.78 Å². The number of unbranched alkanes of at least 4 members (excludes halogenated alkanes) is 1. The lowest BCUT2D eigenvalue weighted by Gasteiger charge is -2.04. The quantitative estimate of drug-likeness (QED) is 0.560. The van der Waals surface area contributed by atoms with Crippen molar-refractivity contribution >= 4 is 23.4 Å². The van der Waals surface area contributed by atoms with Crippen molar-refractivity contribution in [1.82, 2.24) is 10.6 Å². The predicted molar refractivity (Wildman–Crippen MR) is 70.5 cm³/mol. The Hall–Kier alpha value is -1.72. The van der Waals surface area contributed by atoms with Crippen molar-refractivity contribution in [2.24, 2.45) is 0 Å².